The molecule has 0 atom stereocenters. The Morgan fingerprint density at radius 3 is 3.00 bits per heavy atom. The first-order valence-corrected chi connectivity index (χ1v) is 8.41. The normalized spacial score (nSPS) is 15.2. The van der Waals surface area contributed by atoms with E-state index in [1.165, 1.54) is 18.0 Å². The van der Waals surface area contributed by atoms with Gasteiger partial charge in [-0.25, -0.2) is 5.01 Å². The van der Waals surface area contributed by atoms with Gasteiger partial charge in [0.25, 0.3) is 0 Å². The number of hydrogen-bond acceptors (Lipinski definition) is 6. The lowest BCUT2D eigenvalue weighted by molar-refractivity contribution is -0.129. The summed E-state index contributed by atoms with van der Waals surface area (Å²) in [6.07, 6.45) is 0. The maximum atomic E-state index is 12.3. The van der Waals surface area contributed by atoms with Gasteiger partial charge in [0.15, 0.2) is 0 Å². The van der Waals surface area contributed by atoms with Crippen molar-refractivity contribution < 1.29 is 9.90 Å². The van der Waals surface area contributed by atoms with Crippen LogP contribution in [-0.4, -0.2) is 58.7 Å². The molecular formula is C15H21ClN4O2S. The third-order valence-corrected chi connectivity index (χ3v) is 4.74. The predicted molar refractivity (Wildman–Crippen MR) is 95.2 cm³/mol. The summed E-state index contributed by atoms with van der Waals surface area (Å²) < 4.78 is 1.96. The number of hydrogen-bond donors (Lipinski definition) is 2. The van der Waals surface area contributed by atoms with Crippen molar-refractivity contribution in [2.24, 2.45) is 0 Å². The van der Waals surface area contributed by atoms with Gasteiger partial charge in [-0.1, -0.05) is 18.2 Å². The number of amides is 1. The lowest BCUT2D eigenvalue weighted by Gasteiger charge is -2.25. The number of phenols is 1. The van der Waals surface area contributed by atoms with E-state index in [2.05, 4.69) is 16.9 Å². The molecule has 126 valence electrons. The Kier molecular flexibility index (Phi) is 6.17. The van der Waals surface area contributed by atoms with Gasteiger partial charge in [0.1, 0.15) is 5.75 Å². The van der Waals surface area contributed by atoms with E-state index in [-0.39, 0.29) is 18.2 Å². The molecule has 1 aromatic carbocycles. The standard InChI is InChI=1S/C15H21ClN4O2S/c1-4-23-18(3)20-6-5-19(10-20)15(22)9-17-13-7-11(2)12(16)8-14(13)21/h4,7-8,17,21H,1,5-6,9-10H2,2-3H3. The fourth-order valence-corrected chi connectivity index (χ4v) is 2.92. The molecule has 1 aromatic rings. The summed E-state index contributed by atoms with van der Waals surface area (Å²) >= 11 is 7.42. The number of anilines is 1. The number of phenolic OH excluding ortho intramolecular Hbond substituents is 1. The number of carbonyl (C=O) groups is 1. The highest BCUT2D eigenvalue weighted by atomic mass is 35.5. The Morgan fingerprint density at radius 2 is 2.30 bits per heavy atom. The molecule has 1 heterocycles. The number of nitrogens with one attached hydrogen (secondary N) is 1. The molecule has 1 aliphatic heterocycles. The molecule has 23 heavy (non-hydrogen) atoms. The van der Waals surface area contributed by atoms with Crippen LogP contribution in [0.15, 0.2) is 24.1 Å². The van der Waals surface area contributed by atoms with Crippen molar-refractivity contribution in [3.63, 3.8) is 0 Å². The van der Waals surface area contributed by atoms with E-state index in [1.54, 1.807) is 16.4 Å². The van der Waals surface area contributed by atoms with Gasteiger partial charge in [0.2, 0.25) is 5.91 Å². The van der Waals surface area contributed by atoms with Crippen LogP contribution < -0.4 is 5.32 Å². The lowest BCUT2D eigenvalue weighted by atomic mass is 10.2. The molecule has 0 aromatic heterocycles. The van der Waals surface area contributed by atoms with E-state index in [0.29, 0.717) is 23.9 Å². The molecule has 0 spiro atoms. The van der Waals surface area contributed by atoms with Crippen LogP contribution in [0.5, 0.6) is 5.75 Å². The number of aromatic hydroxyl groups is 1. The largest absolute Gasteiger partial charge is 0.506 e. The third kappa shape index (κ3) is 4.54. The Balaban J connectivity index is 1.89. The summed E-state index contributed by atoms with van der Waals surface area (Å²) in [7, 11) is 1.94. The maximum Gasteiger partial charge on any atom is 0.242 e. The molecule has 1 saturated heterocycles. The molecule has 0 aliphatic carbocycles. The number of benzene rings is 1. The minimum atomic E-state index is -0.0171. The quantitative estimate of drug-likeness (QED) is 0.603. The number of halogens is 1. The third-order valence-electron chi connectivity index (χ3n) is 3.65. The summed E-state index contributed by atoms with van der Waals surface area (Å²) in [5.41, 5.74) is 1.35. The molecule has 0 bridgehead atoms. The molecule has 0 saturated carbocycles. The van der Waals surface area contributed by atoms with Crippen molar-refractivity contribution in [1.82, 2.24) is 14.3 Å². The summed E-state index contributed by atoms with van der Waals surface area (Å²) in [4.78, 5) is 14.1. The zero-order valence-electron chi connectivity index (χ0n) is 13.3. The van der Waals surface area contributed by atoms with Gasteiger partial charge in [-0.3, -0.25) is 4.79 Å². The van der Waals surface area contributed by atoms with Crippen LogP contribution in [0.4, 0.5) is 5.69 Å². The van der Waals surface area contributed by atoms with Crippen LogP contribution in [0.2, 0.25) is 5.02 Å². The van der Waals surface area contributed by atoms with Crippen LogP contribution in [0.3, 0.4) is 0 Å². The fourth-order valence-electron chi connectivity index (χ4n) is 2.28. The average Bonchev–Trinajstić information content (AvgIpc) is 2.99. The van der Waals surface area contributed by atoms with E-state index in [0.717, 1.165) is 12.1 Å². The Labute approximate surface area is 145 Å². The number of nitrogens with zero attached hydrogens (tertiary/aromatic N) is 3. The molecule has 0 unspecified atom stereocenters. The van der Waals surface area contributed by atoms with E-state index in [1.807, 2.05) is 18.4 Å². The van der Waals surface area contributed by atoms with Crippen molar-refractivity contribution in [2.45, 2.75) is 6.92 Å². The summed E-state index contributed by atoms with van der Waals surface area (Å²) in [5.74, 6) is 0.0232. The maximum absolute atomic E-state index is 12.3. The predicted octanol–water partition coefficient (Wildman–Crippen LogP) is 2.51. The van der Waals surface area contributed by atoms with Gasteiger partial charge in [0.05, 0.1) is 18.9 Å². The highest BCUT2D eigenvalue weighted by molar-refractivity contribution is 7.99. The lowest BCUT2D eigenvalue weighted by Crippen LogP contribution is -2.38. The van der Waals surface area contributed by atoms with Gasteiger partial charge in [-0.2, -0.15) is 4.41 Å². The zero-order chi connectivity index (χ0) is 17.0. The van der Waals surface area contributed by atoms with Crippen molar-refractivity contribution in [3.8, 4) is 5.75 Å². The van der Waals surface area contributed by atoms with Gasteiger partial charge in [0, 0.05) is 31.2 Å². The molecule has 2 N–H and O–H groups in total. The van der Waals surface area contributed by atoms with Crippen LogP contribution in [0.1, 0.15) is 5.56 Å². The van der Waals surface area contributed by atoms with Crippen molar-refractivity contribution in [3.05, 3.63) is 34.7 Å². The first-order valence-electron chi connectivity index (χ1n) is 7.19. The van der Waals surface area contributed by atoms with E-state index in [9.17, 15) is 9.90 Å². The molecule has 6 nitrogen and oxygen atoms in total. The number of carbonyl (C=O) groups excluding carboxylic acids is 1. The first-order chi connectivity index (χ1) is 10.9. The van der Waals surface area contributed by atoms with E-state index in [4.69, 9.17) is 11.6 Å². The summed E-state index contributed by atoms with van der Waals surface area (Å²) in [5, 5.41) is 17.2. The molecule has 1 fully saturated rings. The molecule has 1 amide bonds. The van der Waals surface area contributed by atoms with Crippen molar-refractivity contribution in [1.29, 1.82) is 0 Å². The van der Waals surface area contributed by atoms with Gasteiger partial charge < -0.3 is 15.3 Å². The summed E-state index contributed by atoms with van der Waals surface area (Å²) in [6.45, 7) is 7.66. The smallest absolute Gasteiger partial charge is 0.242 e. The molecule has 1 aliphatic rings. The highest BCUT2D eigenvalue weighted by Gasteiger charge is 2.26. The molecule has 2 rings (SSSR count). The van der Waals surface area contributed by atoms with Crippen molar-refractivity contribution in [2.75, 3.05) is 38.7 Å². The SMILES string of the molecule is C=CSN(C)N1CCN(C(=O)CNc2cc(C)c(Cl)cc2O)C1. The Morgan fingerprint density at radius 1 is 1.57 bits per heavy atom. The topological polar surface area (TPSA) is 59.0 Å². The van der Waals surface area contributed by atoms with E-state index < -0.39 is 0 Å². The molecular weight excluding hydrogens is 336 g/mol. The van der Waals surface area contributed by atoms with Gasteiger partial charge >= 0.3 is 0 Å². The molecule has 8 heteroatoms. The van der Waals surface area contributed by atoms with Crippen LogP contribution in [0, 0.1) is 6.92 Å². The number of rotatable bonds is 6. The van der Waals surface area contributed by atoms with Crippen LogP contribution >= 0.6 is 23.5 Å². The minimum Gasteiger partial charge on any atom is -0.506 e. The minimum absolute atomic E-state index is 0.0171. The number of hydrazine groups is 1. The van der Waals surface area contributed by atoms with Gasteiger partial charge in [-0.05, 0) is 35.9 Å². The molecule has 0 radical (unpaired) electrons. The average molecular weight is 357 g/mol. The second kappa shape index (κ2) is 7.92. The Hall–Kier alpha value is -1.41. The van der Waals surface area contributed by atoms with E-state index >= 15 is 0 Å². The Bertz CT molecular complexity index is 599. The highest BCUT2D eigenvalue weighted by Crippen LogP contribution is 2.29. The van der Waals surface area contributed by atoms with Crippen LogP contribution in [0.25, 0.3) is 0 Å². The van der Waals surface area contributed by atoms with Gasteiger partial charge in [-0.15, -0.1) is 0 Å². The fraction of sp³-hybridized carbons (Fsp3) is 0.400. The number of aryl methyl sites for hydroxylation is 1. The summed E-state index contributed by atoms with van der Waals surface area (Å²) in [6, 6.07) is 3.21. The first kappa shape index (κ1) is 17.9. The zero-order valence-corrected chi connectivity index (χ0v) is 14.8. The second-order valence-electron chi connectivity index (χ2n) is 5.24. The monoisotopic (exact) mass is 356 g/mol. The van der Waals surface area contributed by atoms with Crippen LogP contribution in [-0.2, 0) is 4.79 Å². The van der Waals surface area contributed by atoms with Crippen molar-refractivity contribution >= 4 is 35.1 Å². The second-order valence-corrected chi connectivity index (χ2v) is 6.72.